The fourth-order valence-corrected chi connectivity index (χ4v) is 6.59. The van der Waals surface area contributed by atoms with Gasteiger partial charge in [0.15, 0.2) is 5.17 Å². The summed E-state index contributed by atoms with van der Waals surface area (Å²) >= 11 is 6.96. The van der Waals surface area contributed by atoms with Crippen LogP contribution in [0.3, 0.4) is 0 Å². The van der Waals surface area contributed by atoms with Crippen molar-refractivity contribution in [3.63, 3.8) is 0 Å². The summed E-state index contributed by atoms with van der Waals surface area (Å²) in [6.45, 7) is 16.5. The molecule has 0 aliphatic carbocycles. The van der Waals surface area contributed by atoms with Crippen LogP contribution in [-0.4, -0.2) is 70.5 Å². The molecule has 0 fully saturated rings. The summed E-state index contributed by atoms with van der Waals surface area (Å²) in [5.74, 6) is -1.97. The number of carbonyl (C=O) groups is 2. The van der Waals surface area contributed by atoms with Crippen molar-refractivity contribution in [3.8, 4) is 0 Å². The van der Waals surface area contributed by atoms with Crippen LogP contribution in [0.2, 0.25) is 30.7 Å². The molecule has 0 unspecified atom stereocenters. The van der Waals surface area contributed by atoms with Gasteiger partial charge < -0.3 is 14.8 Å². The number of hydrogen-bond donors (Lipinski definition) is 1. The van der Waals surface area contributed by atoms with Crippen LogP contribution < -0.4 is 5.32 Å². The Hall–Kier alpha value is -2.61. The van der Waals surface area contributed by atoms with Crippen molar-refractivity contribution in [1.82, 2.24) is 14.9 Å². The number of pyridine rings is 2. The molecule has 0 spiro atoms. The smallest absolute Gasteiger partial charge is 0.418 e. The number of amides is 2. The van der Waals surface area contributed by atoms with Crippen molar-refractivity contribution in [2.24, 2.45) is 10.9 Å². The Morgan fingerprint density at radius 1 is 1.18 bits per heavy atom. The summed E-state index contributed by atoms with van der Waals surface area (Å²) in [5.41, 5.74) is -1.92. The molecule has 1 N–H and O–H groups in total. The van der Waals surface area contributed by atoms with Gasteiger partial charge in [-0.05, 0) is 58.9 Å². The minimum atomic E-state index is -1.42. The summed E-state index contributed by atoms with van der Waals surface area (Å²) in [6.07, 6.45) is 1.80. The summed E-state index contributed by atoms with van der Waals surface area (Å²) < 4.78 is 40.9. The van der Waals surface area contributed by atoms with Crippen molar-refractivity contribution >= 4 is 54.3 Å². The highest BCUT2D eigenvalue weighted by Gasteiger charge is 2.52. The van der Waals surface area contributed by atoms with E-state index in [9.17, 15) is 14.0 Å². The molecule has 0 aromatic carbocycles. The van der Waals surface area contributed by atoms with Crippen LogP contribution in [0.5, 0.6) is 0 Å². The molecule has 0 radical (unpaired) electrons. The van der Waals surface area contributed by atoms with Gasteiger partial charge in [0.25, 0.3) is 5.91 Å². The molecule has 44 heavy (non-hydrogen) atoms. The number of aliphatic imine (C=N–C) groups is 1. The van der Waals surface area contributed by atoms with Crippen LogP contribution in [0.15, 0.2) is 35.6 Å². The Balaban J connectivity index is 2.06. The van der Waals surface area contributed by atoms with Crippen molar-refractivity contribution in [2.75, 3.05) is 25.3 Å². The van der Waals surface area contributed by atoms with E-state index in [0.717, 1.165) is 17.8 Å². The minimum Gasteiger partial charge on any atom is -0.443 e. The lowest BCUT2D eigenvalue weighted by Gasteiger charge is -2.47. The predicted octanol–water partition coefficient (Wildman–Crippen LogP) is 7.75. The number of thioether (sulfide) groups is 1. The van der Waals surface area contributed by atoms with Crippen LogP contribution in [-0.2, 0) is 15.0 Å². The SMILES string of the molecule is C[C@@H]1[C@@](C)(CF)SC(N(COCC[Si](C)(C)C)C(=O)OC(C)(C)C)=N[C@]1(C)c1cc(NC(=O)c2ccc(Cl)cn2)cnc1F. The standard InChI is InChI=1S/C30H42ClF2N5O4SSi/c1-19-29(5,17-32)43-26(38(27(40)42-28(2,3)4)18-41-12-13-44(7,8)9)37-30(19,6)22-14-21(16-35-24(22)33)36-25(39)23-11-10-20(31)15-34-23/h10-11,14-16,19H,12-13,17-18H2,1-9H3,(H,36,39)/t19-,29-,30+/m1/s1. The molecule has 1 aliphatic heterocycles. The largest absolute Gasteiger partial charge is 0.443 e. The number of hydrogen-bond acceptors (Lipinski definition) is 8. The highest BCUT2D eigenvalue weighted by atomic mass is 35.5. The zero-order valence-electron chi connectivity index (χ0n) is 26.8. The lowest BCUT2D eigenvalue weighted by atomic mass is 9.74. The number of nitrogens with zero attached hydrogens (tertiary/aromatic N) is 4. The van der Waals surface area contributed by atoms with Crippen molar-refractivity contribution < 1.29 is 27.8 Å². The van der Waals surface area contributed by atoms with Crippen LogP contribution in [0, 0.1) is 11.9 Å². The fourth-order valence-electron chi connectivity index (χ4n) is 4.38. The molecule has 2 aromatic rings. The van der Waals surface area contributed by atoms with Crippen LogP contribution in [0.4, 0.5) is 19.3 Å². The van der Waals surface area contributed by atoms with E-state index in [1.54, 1.807) is 41.5 Å². The molecule has 2 amide bonds. The Morgan fingerprint density at radius 2 is 1.86 bits per heavy atom. The number of rotatable bonds is 9. The summed E-state index contributed by atoms with van der Waals surface area (Å²) in [7, 11) is -1.42. The monoisotopic (exact) mass is 669 g/mol. The zero-order chi connectivity index (χ0) is 33.1. The van der Waals surface area contributed by atoms with Crippen molar-refractivity contribution in [3.05, 3.63) is 52.8 Å². The van der Waals surface area contributed by atoms with Gasteiger partial charge in [-0.1, -0.05) is 49.9 Å². The topological polar surface area (TPSA) is 106 Å². The summed E-state index contributed by atoms with van der Waals surface area (Å²) in [5, 5.41) is 3.18. The van der Waals surface area contributed by atoms with Gasteiger partial charge in [-0.15, -0.1) is 0 Å². The van der Waals surface area contributed by atoms with E-state index >= 15 is 4.39 Å². The molecule has 0 bridgehead atoms. The number of ether oxygens (including phenoxy) is 2. The molecular formula is C30H42ClF2N5O4SSi. The number of anilines is 1. The quantitative estimate of drug-likeness (QED) is 0.126. The molecule has 0 saturated carbocycles. The number of alkyl halides is 1. The average Bonchev–Trinajstić information content (AvgIpc) is 2.91. The van der Waals surface area contributed by atoms with E-state index in [-0.39, 0.29) is 28.8 Å². The second kappa shape index (κ2) is 13.8. The first-order chi connectivity index (χ1) is 20.3. The molecule has 3 heterocycles. The van der Waals surface area contributed by atoms with E-state index in [1.165, 1.54) is 35.5 Å². The lowest BCUT2D eigenvalue weighted by molar-refractivity contribution is 0.0107. The second-order valence-electron chi connectivity index (χ2n) is 13.4. The number of nitrogens with one attached hydrogen (secondary N) is 1. The van der Waals surface area contributed by atoms with Gasteiger partial charge >= 0.3 is 6.09 Å². The lowest BCUT2D eigenvalue weighted by Crippen LogP contribution is -2.53. The normalized spacial score (nSPS) is 22.3. The first-order valence-corrected chi connectivity index (χ1v) is 19.2. The molecule has 0 saturated heterocycles. The molecule has 14 heteroatoms. The van der Waals surface area contributed by atoms with Gasteiger partial charge in [-0.25, -0.2) is 24.1 Å². The average molecular weight is 670 g/mol. The molecule has 242 valence electrons. The van der Waals surface area contributed by atoms with Gasteiger partial charge in [0, 0.05) is 32.4 Å². The van der Waals surface area contributed by atoms with Crippen molar-refractivity contribution in [2.45, 2.75) is 83.1 Å². The van der Waals surface area contributed by atoms with E-state index in [4.69, 9.17) is 26.1 Å². The first-order valence-electron chi connectivity index (χ1n) is 14.3. The highest BCUT2D eigenvalue weighted by Crippen LogP contribution is 2.51. The number of halogens is 3. The predicted molar refractivity (Wildman–Crippen MR) is 174 cm³/mol. The maximum atomic E-state index is 15.6. The maximum absolute atomic E-state index is 15.6. The maximum Gasteiger partial charge on any atom is 0.418 e. The van der Waals surface area contributed by atoms with Gasteiger partial charge in [0.2, 0.25) is 5.95 Å². The Labute approximate surface area is 268 Å². The van der Waals surface area contributed by atoms with E-state index < -0.39 is 54.5 Å². The summed E-state index contributed by atoms with van der Waals surface area (Å²) in [4.78, 5) is 40.3. The molecule has 1 aliphatic rings. The number of amidine groups is 1. The van der Waals surface area contributed by atoms with Crippen LogP contribution in [0.1, 0.15) is 57.6 Å². The second-order valence-corrected chi connectivity index (χ2v) is 21.0. The third-order valence-corrected chi connectivity index (χ3v) is 10.7. The third-order valence-electron chi connectivity index (χ3n) is 7.34. The highest BCUT2D eigenvalue weighted by molar-refractivity contribution is 8.15. The van der Waals surface area contributed by atoms with Gasteiger partial charge in [-0.2, -0.15) is 4.39 Å². The van der Waals surface area contributed by atoms with E-state index in [0.29, 0.717) is 11.6 Å². The molecule has 9 nitrogen and oxygen atoms in total. The number of carbonyl (C=O) groups excluding carboxylic acids is 2. The Morgan fingerprint density at radius 3 is 2.43 bits per heavy atom. The van der Waals surface area contributed by atoms with Gasteiger partial charge in [0.05, 0.1) is 27.2 Å². The van der Waals surface area contributed by atoms with Crippen LogP contribution >= 0.6 is 23.4 Å². The summed E-state index contributed by atoms with van der Waals surface area (Å²) in [6, 6.07) is 5.27. The number of aromatic nitrogens is 2. The molecule has 2 aromatic heterocycles. The first kappa shape index (κ1) is 35.9. The minimum absolute atomic E-state index is 0.0214. The third kappa shape index (κ3) is 8.98. The molecular weight excluding hydrogens is 628 g/mol. The van der Waals surface area contributed by atoms with E-state index in [2.05, 4.69) is 34.9 Å². The van der Waals surface area contributed by atoms with Crippen LogP contribution in [0.25, 0.3) is 0 Å². The van der Waals surface area contributed by atoms with E-state index in [1.807, 2.05) is 0 Å². The van der Waals surface area contributed by atoms with Gasteiger partial charge in [-0.3, -0.25) is 9.79 Å². The zero-order valence-corrected chi connectivity index (χ0v) is 29.3. The van der Waals surface area contributed by atoms with Crippen molar-refractivity contribution in [1.29, 1.82) is 0 Å². The molecule has 3 rings (SSSR count). The fraction of sp³-hybridized carbons (Fsp3) is 0.567. The molecule has 3 atom stereocenters. The van der Waals surface area contributed by atoms with Gasteiger partial charge in [0.1, 0.15) is 24.7 Å². The Bertz CT molecular complexity index is 1390. The Kier molecular flexibility index (Phi) is 11.2.